The third-order valence-electron chi connectivity index (χ3n) is 3.17. The highest BCUT2D eigenvalue weighted by atomic mass is 32.1. The lowest BCUT2D eigenvalue weighted by molar-refractivity contribution is -0.121. The summed E-state index contributed by atoms with van der Waals surface area (Å²) in [5.41, 5.74) is 6.34. The Kier molecular flexibility index (Phi) is 5.55. The maximum Gasteiger partial charge on any atom is 0.248 e. The third-order valence-corrected chi connectivity index (χ3v) is 4.11. The van der Waals surface area contributed by atoms with Gasteiger partial charge in [-0.1, -0.05) is 12.1 Å². The van der Waals surface area contributed by atoms with E-state index >= 15 is 0 Å². The first kappa shape index (κ1) is 16.0. The molecule has 1 atom stereocenters. The molecule has 5 nitrogen and oxygen atoms in total. The first-order chi connectivity index (χ1) is 10.6. The molecule has 2 aromatic rings. The number of primary amides is 1. The molecular formula is C16H19N3O2S. The number of thiophene rings is 1. The van der Waals surface area contributed by atoms with Gasteiger partial charge >= 0.3 is 0 Å². The van der Waals surface area contributed by atoms with Gasteiger partial charge in [0.15, 0.2) is 0 Å². The van der Waals surface area contributed by atoms with Gasteiger partial charge in [-0.25, -0.2) is 0 Å². The molecule has 0 aliphatic carbocycles. The van der Waals surface area contributed by atoms with E-state index < -0.39 is 11.9 Å². The molecule has 0 aliphatic rings. The van der Waals surface area contributed by atoms with Crippen LogP contribution in [0, 0.1) is 0 Å². The fourth-order valence-electron chi connectivity index (χ4n) is 1.99. The summed E-state index contributed by atoms with van der Waals surface area (Å²) in [7, 11) is 0. The van der Waals surface area contributed by atoms with Crippen molar-refractivity contribution < 1.29 is 9.59 Å². The summed E-state index contributed by atoms with van der Waals surface area (Å²) in [6.45, 7) is 2.38. The van der Waals surface area contributed by atoms with Crippen LogP contribution in [0.2, 0.25) is 0 Å². The van der Waals surface area contributed by atoms with Gasteiger partial charge in [-0.05, 0) is 43.0 Å². The summed E-state index contributed by atoms with van der Waals surface area (Å²) in [5.74, 6) is -0.572. The van der Waals surface area contributed by atoms with Crippen molar-refractivity contribution in [2.24, 2.45) is 5.73 Å². The summed E-state index contributed by atoms with van der Waals surface area (Å²) >= 11 is 1.68. The van der Waals surface area contributed by atoms with Crippen LogP contribution in [0.25, 0.3) is 0 Å². The van der Waals surface area contributed by atoms with E-state index in [2.05, 4.69) is 10.6 Å². The minimum Gasteiger partial charge on any atom is -0.374 e. The van der Waals surface area contributed by atoms with E-state index in [1.807, 2.05) is 17.5 Å². The standard InChI is InChI=1S/C16H19N3O2S/c1-11(16(21)18-8-7-14-6-3-9-22-14)19-13-5-2-4-12(10-13)15(17)20/h2-6,9-11,19H,7-8H2,1H3,(H2,17,20)(H,18,21)/t11-/m0/s1. The number of nitrogens with one attached hydrogen (secondary N) is 2. The molecule has 0 fully saturated rings. The number of carbonyl (C=O) groups excluding carboxylic acids is 2. The molecule has 116 valence electrons. The van der Waals surface area contributed by atoms with E-state index in [-0.39, 0.29) is 5.91 Å². The van der Waals surface area contributed by atoms with E-state index in [0.29, 0.717) is 17.8 Å². The zero-order valence-electron chi connectivity index (χ0n) is 12.3. The Morgan fingerprint density at radius 2 is 2.09 bits per heavy atom. The molecule has 0 saturated carbocycles. The quantitative estimate of drug-likeness (QED) is 0.730. The summed E-state index contributed by atoms with van der Waals surface area (Å²) in [6.07, 6.45) is 0.827. The van der Waals surface area contributed by atoms with Gasteiger partial charge in [-0.15, -0.1) is 11.3 Å². The maximum atomic E-state index is 12.0. The van der Waals surface area contributed by atoms with Crippen LogP contribution in [-0.2, 0) is 11.2 Å². The van der Waals surface area contributed by atoms with Crippen LogP contribution in [0.4, 0.5) is 5.69 Å². The molecule has 6 heteroatoms. The van der Waals surface area contributed by atoms with Crippen LogP contribution in [0.5, 0.6) is 0 Å². The van der Waals surface area contributed by atoms with Gasteiger partial charge in [0, 0.05) is 22.7 Å². The van der Waals surface area contributed by atoms with Crippen LogP contribution < -0.4 is 16.4 Å². The smallest absolute Gasteiger partial charge is 0.248 e. The zero-order chi connectivity index (χ0) is 15.9. The average molecular weight is 317 g/mol. The summed E-state index contributed by atoms with van der Waals surface area (Å²) < 4.78 is 0. The highest BCUT2D eigenvalue weighted by molar-refractivity contribution is 7.09. The average Bonchev–Trinajstić information content (AvgIpc) is 3.00. The van der Waals surface area contributed by atoms with Crippen molar-refractivity contribution in [1.82, 2.24) is 5.32 Å². The Labute approximate surface area is 133 Å². The minimum atomic E-state index is -0.489. The molecule has 0 aliphatic heterocycles. The number of amides is 2. The van der Waals surface area contributed by atoms with Gasteiger partial charge in [0.25, 0.3) is 0 Å². The summed E-state index contributed by atoms with van der Waals surface area (Å²) in [4.78, 5) is 24.4. The highest BCUT2D eigenvalue weighted by Crippen LogP contribution is 2.12. The monoisotopic (exact) mass is 317 g/mol. The van der Waals surface area contributed by atoms with Gasteiger partial charge in [-0.2, -0.15) is 0 Å². The number of anilines is 1. The van der Waals surface area contributed by atoms with Crippen molar-refractivity contribution in [1.29, 1.82) is 0 Å². The van der Waals surface area contributed by atoms with Crippen LogP contribution in [-0.4, -0.2) is 24.4 Å². The van der Waals surface area contributed by atoms with E-state index in [9.17, 15) is 9.59 Å². The lowest BCUT2D eigenvalue weighted by Crippen LogP contribution is -2.38. The predicted octanol–water partition coefficient (Wildman–Crippen LogP) is 2.01. The Balaban J connectivity index is 1.83. The summed E-state index contributed by atoms with van der Waals surface area (Å²) in [6, 6.07) is 10.4. The minimum absolute atomic E-state index is 0.0824. The topological polar surface area (TPSA) is 84.2 Å². The molecule has 0 unspecified atom stereocenters. The Morgan fingerprint density at radius 1 is 1.27 bits per heavy atom. The van der Waals surface area contributed by atoms with E-state index in [1.54, 1.807) is 42.5 Å². The Bertz CT molecular complexity index is 641. The number of rotatable bonds is 7. The number of carbonyl (C=O) groups is 2. The van der Waals surface area contributed by atoms with Crippen LogP contribution >= 0.6 is 11.3 Å². The van der Waals surface area contributed by atoms with Crippen molar-refractivity contribution >= 4 is 28.8 Å². The van der Waals surface area contributed by atoms with Gasteiger partial charge in [-0.3, -0.25) is 9.59 Å². The number of benzene rings is 1. The molecule has 0 bridgehead atoms. The lowest BCUT2D eigenvalue weighted by Gasteiger charge is -2.15. The molecule has 2 rings (SSSR count). The number of hydrogen-bond donors (Lipinski definition) is 3. The predicted molar refractivity (Wildman–Crippen MR) is 89.1 cm³/mol. The normalized spacial score (nSPS) is 11.7. The second kappa shape index (κ2) is 7.61. The van der Waals surface area contributed by atoms with Crippen molar-refractivity contribution in [2.75, 3.05) is 11.9 Å². The van der Waals surface area contributed by atoms with Crippen LogP contribution in [0.1, 0.15) is 22.2 Å². The number of hydrogen-bond acceptors (Lipinski definition) is 4. The molecule has 4 N–H and O–H groups in total. The lowest BCUT2D eigenvalue weighted by atomic mass is 10.2. The fourth-order valence-corrected chi connectivity index (χ4v) is 2.70. The second-order valence-electron chi connectivity index (χ2n) is 4.93. The number of nitrogens with two attached hydrogens (primary N) is 1. The zero-order valence-corrected chi connectivity index (χ0v) is 13.2. The molecule has 0 spiro atoms. The van der Waals surface area contributed by atoms with E-state index in [1.165, 1.54) is 4.88 Å². The Hall–Kier alpha value is -2.34. The van der Waals surface area contributed by atoms with Crippen molar-refractivity contribution in [3.63, 3.8) is 0 Å². The highest BCUT2D eigenvalue weighted by Gasteiger charge is 2.12. The van der Waals surface area contributed by atoms with E-state index in [0.717, 1.165) is 6.42 Å². The van der Waals surface area contributed by atoms with Gasteiger partial charge in [0.2, 0.25) is 11.8 Å². The fraction of sp³-hybridized carbons (Fsp3) is 0.250. The molecule has 1 heterocycles. The summed E-state index contributed by atoms with van der Waals surface area (Å²) in [5, 5.41) is 7.98. The first-order valence-corrected chi connectivity index (χ1v) is 7.90. The van der Waals surface area contributed by atoms with Crippen molar-refractivity contribution in [3.05, 3.63) is 52.2 Å². The van der Waals surface area contributed by atoms with Gasteiger partial charge in [0.05, 0.1) is 0 Å². The SMILES string of the molecule is C[C@H](Nc1cccc(C(N)=O)c1)C(=O)NCCc1cccs1. The third kappa shape index (κ3) is 4.60. The largest absolute Gasteiger partial charge is 0.374 e. The first-order valence-electron chi connectivity index (χ1n) is 7.03. The van der Waals surface area contributed by atoms with Gasteiger partial charge in [0.1, 0.15) is 6.04 Å². The van der Waals surface area contributed by atoms with Crippen molar-refractivity contribution in [3.8, 4) is 0 Å². The molecule has 2 amide bonds. The Morgan fingerprint density at radius 3 is 2.77 bits per heavy atom. The molecule has 1 aromatic heterocycles. The van der Waals surface area contributed by atoms with Crippen LogP contribution in [0.15, 0.2) is 41.8 Å². The van der Waals surface area contributed by atoms with Gasteiger partial charge < -0.3 is 16.4 Å². The maximum absolute atomic E-state index is 12.0. The molecule has 0 saturated heterocycles. The molecular weight excluding hydrogens is 298 g/mol. The molecule has 1 aromatic carbocycles. The van der Waals surface area contributed by atoms with E-state index in [4.69, 9.17) is 5.73 Å². The van der Waals surface area contributed by atoms with Crippen LogP contribution in [0.3, 0.4) is 0 Å². The second-order valence-corrected chi connectivity index (χ2v) is 5.96. The molecule has 22 heavy (non-hydrogen) atoms. The molecule has 0 radical (unpaired) electrons. The van der Waals surface area contributed by atoms with Crippen molar-refractivity contribution in [2.45, 2.75) is 19.4 Å².